The summed E-state index contributed by atoms with van der Waals surface area (Å²) in [6.07, 6.45) is -18.3. The Balaban J connectivity index is 1.85. The fraction of sp³-hybridized carbons (Fsp3) is 0.367. The third-order valence-electron chi connectivity index (χ3n) is 7.22. The molecule has 0 saturated carbocycles. The van der Waals surface area contributed by atoms with E-state index in [-0.39, 0.29) is 28.3 Å². The Morgan fingerprint density at radius 3 is 1.98 bits per heavy atom. The number of benzene rings is 3. The molecule has 44 heavy (non-hydrogen) atoms. The molecule has 3 aromatic rings. The number of halogens is 10. The van der Waals surface area contributed by atoms with Gasteiger partial charge in [0.2, 0.25) is 0 Å². The summed E-state index contributed by atoms with van der Waals surface area (Å²) >= 11 is 0. The Bertz CT molecular complexity index is 1630. The van der Waals surface area contributed by atoms with Crippen LogP contribution in [0.5, 0.6) is 5.75 Å². The predicted octanol–water partition coefficient (Wildman–Crippen LogP) is 9.76. The molecule has 1 aliphatic heterocycles. The molecule has 0 N–H and O–H groups in total. The second-order valence-electron chi connectivity index (χ2n) is 10.5. The maximum atomic E-state index is 14.9. The van der Waals surface area contributed by atoms with Crippen LogP contribution in [0.4, 0.5) is 48.7 Å². The molecule has 2 atom stereocenters. The molecule has 4 rings (SSSR count). The summed E-state index contributed by atoms with van der Waals surface area (Å²) in [6.45, 7) is 3.68. The van der Waals surface area contributed by atoms with Gasteiger partial charge >= 0.3 is 24.6 Å². The lowest BCUT2D eigenvalue weighted by Crippen LogP contribution is -2.32. The number of cyclic esters (lactones) is 1. The number of amides is 1. The average molecular weight is 641 g/mol. The van der Waals surface area contributed by atoms with Gasteiger partial charge in [-0.2, -0.15) is 39.5 Å². The Labute approximate surface area is 249 Å². The van der Waals surface area contributed by atoms with E-state index in [9.17, 15) is 48.7 Å². The van der Waals surface area contributed by atoms with Gasteiger partial charge in [0, 0.05) is 11.6 Å². The molecule has 0 aromatic heterocycles. The van der Waals surface area contributed by atoms with Crippen LogP contribution < -0.4 is 4.74 Å². The molecule has 0 spiro atoms. The second-order valence-corrected chi connectivity index (χ2v) is 10.5. The SMILES string of the molecule is [2H]C([2H])([2H])Oc1cc(F)c(C(C)C)cc1-c1ccc(C(F)(F)F)cc1CN1C(=O)O[C@H](c2cc(C(F)(F)F)cc(C(F)(F)F)c2)[C@@H]1C. The Hall–Kier alpha value is -3.97. The van der Waals surface area contributed by atoms with E-state index in [1.807, 2.05) is 0 Å². The smallest absolute Gasteiger partial charge is 0.416 e. The van der Waals surface area contributed by atoms with Crippen molar-refractivity contribution in [1.82, 2.24) is 4.90 Å². The van der Waals surface area contributed by atoms with E-state index < -0.39 is 90.1 Å². The van der Waals surface area contributed by atoms with Crippen LogP contribution in [0.15, 0.2) is 48.5 Å². The van der Waals surface area contributed by atoms with Crippen LogP contribution in [0.3, 0.4) is 0 Å². The molecule has 14 heteroatoms. The fourth-order valence-electron chi connectivity index (χ4n) is 4.96. The Morgan fingerprint density at radius 1 is 0.864 bits per heavy atom. The molecule has 238 valence electrons. The lowest BCUT2D eigenvalue weighted by atomic mass is 9.91. The van der Waals surface area contributed by atoms with Crippen molar-refractivity contribution in [2.45, 2.75) is 63.9 Å². The zero-order chi connectivity index (χ0) is 35.4. The monoisotopic (exact) mass is 640 g/mol. The van der Waals surface area contributed by atoms with Gasteiger partial charge in [0.05, 0.1) is 40.4 Å². The highest BCUT2D eigenvalue weighted by molar-refractivity contribution is 5.76. The standard InChI is InChI=1S/C30H25F10NO3/c1-14(2)22-11-23(25(43-4)12-24(22)31)21-6-5-18(28(32,33)34)9-17(21)13-41-15(3)26(44-27(41)42)16-7-19(29(35,36)37)10-20(8-16)30(38,39)40/h5-12,14-15,26H,13H2,1-4H3/t15-,26-/m0/s1/i4D3. The number of ether oxygens (including phenoxy) is 2. The van der Waals surface area contributed by atoms with Crippen molar-refractivity contribution < 1.29 is 62.3 Å². The number of nitrogens with zero attached hydrogens (tertiary/aromatic N) is 1. The van der Waals surface area contributed by atoms with Gasteiger partial charge in [-0.1, -0.05) is 19.9 Å². The quantitative estimate of drug-likeness (QED) is 0.252. The molecule has 4 nitrogen and oxygen atoms in total. The van der Waals surface area contributed by atoms with Crippen molar-refractivity contribution in [2.75, 3.05) is 7.04 Å². The number of hydrogen-bond acceptors (Lipinski definition) is 3. The highest BCUT2D eigenvalue weighted by atomic mass is 19.4. The first-order valence-corrected chi connectivity index (χ1v) is 12.9. The molecule has 1 aliphatic rings. The van der Waals surface area contributed by atoms with Gasteiger partial charge in [-0.25, -0.2) is 9.18 Å². The van der Waals surface area contributed by atoms with Crippen LogP contribution in [0.1, 0.15) is 70.3 Å². The van der Waals surface area contributed by atoms with Crippen LogP contribution >= 0.6 is 0 Å². The molecule has 1 fully saturated rings. The van der Waals surface area contributed by atoms with Gasteiger partial charge in [-0.05, 0) is 71.5 Å². The summed E-state index contributed by atoms with van der Waals surface area (Å²) in [5.74, 6) is -1.92. The van der Waals surface area contributed by atoms with Gasteiger partial charge in [-0.15, -0.1) is 0 Å². The topological polar surface area (TPSA) is 38.8 Å². The first kappa shape index (κ1) is 28.8. The van der Waals surface area contributed by atoms with Gasteiger partial charge in [0.15, 0.2) is 0 Å². The van der Waals surface area contributed by atoms with Crippen LogP contribution in [0.2, 0.25) is 0 Å². The van der Waals surface area contributed by atoms with Crippen molar-refractivity contribution >= 4 is 6.09 Å². The molecule has 0 radical (unpaired) electrons. The summed E-state index contributed by atoms with van der Waals surface area (Å²) in [5, 5.41) is 0. The highest BCUT2D eigenvalue weighted by Gasteiger charge is 2.44. The van der Waals surface area contributed by atoms with Crippen molar-refractivity contribution in [3.8, 4) is 16.9 Å². The molecule has 1 amide bonds. The minimum atomic E-state index is -5.20. The third-order valence-corrected chi connectivity index (χ3v) is 7.22. The van der Waals surface area contributed by atoms with E-state index in [4.69, 9.17) is 13.6 Å². The third kappa shape index (κ3) is 6.58. The molecule has 3 aromatic carbocycles. The normalized spacial score (nSPS) is 19.1. The van der Waals surface area contributed by atoms with Crippen LogP contribution in [-0.2, 0) is 29.8 Å². The molecular weight excluding hydrogens is 612 g/mol. The maximum absolute atomic E-state index is 14.9. The highest BCUT2D eigenvalue weighted by Crippen LogP contribution is 2.43. The molecule has 0 unspecified atom stereocenters. The van der Waals surface area contributed by atoms with E-state index >= 15 is 0 Å². The Kier molecular flexibility index (Phi) is 7.53. The van der Waals surface area contributed by atoms with E-state index in [0.29, 0.717) is 24.3 Å². The number of rotatable bonds is 6. The van der Waals surface area contributed by atoms with Gasteiger partial charge in [0.1, 0.15) is 17.7 Å². The van der Waals surface area contributed by atoms with Crippen molar-refractivity contribution in [3.63, 3.8) is 0 Å². The van der Waals surface area contributed by atoms with Crippen LogP contribution in [-0.4, -0.2) is 24.1 Å². The molecule has 1 saturated heterocycles. The summed E-state index contributed by atoms with van der Waals surface area (Å²) in [5.41, 5.74) is -5.71. The maximum Gasteiger partial charge on any atom is 0.416 e. The van der Waals surface area contributed by atoms with Crippen molar-refractivity contribution in [3.05, 3.63) is 87.7 Å². The minimum absolute atomic E-state index is 0.0442. The number of carbonyl (C=O) groups is 1. The zero-order valence-electron chi connectivity index (χ0n) is 26.0. The lowest BCUT2D eigenvalue weighted by molar-refractivity contribution is -0.143. The Morgan fingerprint density at radius 2 is 1.45 bits per heavy atom. The molecule has 0 aliphatic carbocycles. The minimum Gasteiger partial charge on any atom is -0.496 e. The zero-order valence-corrected chi connectivity index (χ0v) is 23.0. The number of alkyl halides is 9. The largest absolute Gasteiger partial charge is 0.496 e. The summed E-state index contributed by atoms with van der Waals surface area (Å²) < 4.78 is 170. The molecule has 0 bridgehead atoms. The molecule has 1 heterocycles. The number of hydrogen-bond donors (Lipinski definition) is 0. The van der Waals surface area contributed by atoms with E-state index in [1.54, 1.807) is 13.8 Å². The van der Waals surface area contributed by atoms with Crippen molar-refractivity contribution in [1.29, 1.82) is 0 Å². The summed E-state index contributed by atoms with van der Waals surface area (Å²) in [6, 6.07) is 3.53. The lowest BCUT2D eigenvalue weighted by Gasteiger charge is -2.24. The molecular formula is C30H25F10NO3. The summed E-state index contributed by atoms with van der Waals surface area (Å²) in [7, 11) is -3.12. The predicted molar refractivity (Wildman–Crippen MR) is 138 cm³/mol. The van der Waals surface area contributed by atoms with E-state index in [2.05, 4.69) is 0 Å². The number of carbonyl (C=O) groups excluding carboxylic acids is 1. The van der Waals surface area contributed by atoms with Gasteiger partial charge < -0.3 is 9.47 Å². The average Bonchev–Trinajstić information content (AvgIpc) is 3.19. The van der Waals surface area contributed by atoms with Gasteiger partial charge in [-0.3, -0.25) is 4.90 Å². The van der Waals surface area contributed by atoms with Gasteiger partial charge in [0.25, 0.3) is 0 Å². The fourth-order valence-corrected chi connectivity index (χ4v) is 4.96. The first-order chi connectivity index (χ1) is 21.4. The van der Waals surface area contributed by atoms with E-state index in [0.717, 1.165) is 17.0 Å². The second kappa shape index (κ2) is 11.5. The van der Waals surface area contributed by atoms with Crippen molar-refractivity contribution in [2.24, 2.45) is 0 Å². The van der Waals surface area contributed by atoms with Crippen LogP contribution in [0, 0.1) is 5.82 Å². The number of methoxy groups -OCH3 is 1. The summed E-state index contributed by atoms with van der Waals surface area (Å²) in [4.78, 5) is 13.8. The first-order valence-electron chi connectivity index (χ1n) is 14.4. The van der Waals surface area contributed by atoms with E-state index in [1.165, 1.54) is 13.0 Å². The van der Waals surface area contributed by atoms with Crippen LogP contribution in [0.25, 0.3) is 11.1 Å².